The molecule has 3 atom stereocenters. The van der Waals surface area contributed by atoms with Crippen molar-refractivity contribution in [1.82, 2.24) is 4.90 Å². The molecule has 0 amide bonds. The van der Waals surface area contributed by atoms with Crippen molar-refractivity contribution in [2.45, 2.75) is 69.8 Å². The van der Waals surface area contributed by atoms with Crippen molar-refractivity contribution in [2.75, 3.05) is 19.7 Å². The minimum atomic E-state index is -0.763. The molecule has 1 aliphatic heterocycles. The number of benzene rings is 1. The minimum Gasteiger partial charge on any atom is -0.481 e. The van der Waals surface area contributed by atoms with E-state index < -0.39 is 5.97 Å². The smallest absolute Gasteiger partial charge is 0.303 e. The van der Waals surface area contributed by atoms with Crippen molar-refractivity contribution in [3.63, 3.8) is 0 Å². The lowest BCUT2D eigenvalue weighted by atomic mass is 10.1. The maximum Gasteiger partial charge on any atom is 0.303 e. The van der Waals surface area contributed by atoms with Gasteiger partial charge in [0.2, 0.25) is 0 Å². The number of nitrogens with zero attached hydrogens (tertiary/aromatic N) is 1. The van der Waals surface area contributed by atoms with Gasteiger partial charge in [0.15, 0.2) is 0 Å². The average Bonchev–Trinajstić information content (AvgIpc) is 3.13. The van der Waals surface area contributed by atoms with Crippen molar-refractivity contribution in [3.05, 3.63) is 48.0 Å². The van der Waals surface area contributed by atoms with E-state index >= 15 is 0 Å². The van der Waals surface area contributed by atoms with Gasteiger partial charge < -0.3 is 14.6 Å². The summed E-state index contributed by atoms with van der Waals surface area (Å²) in [5.74, 6) is -0.763. The van der Waals surface area contributed by atoms with Gasteiger partial charge in [0.25, 0.3) is 0 Å². The van der Waals surface area contributed by atoms with E-state index in [-0.39, 0.29) is 18.6 Å². The molecule has 1 saturated heterocycles. The van der Waals surface area contributed by atoms with Gasteiger partial charge in [-0.05, 0) is 50.8 Å². The Labute approximate surface area is 168 Å². The fourth-order valence-corrected chi connectivity index (χ4v) is 4.29. The predicted octanol–water partition coefficient (Wildman–Crippen LogP) is 4.03. The number of piperidine rings is 1. The first kappa shape index (κ1) is 21.0. The molecule has 1 N–H and O–H groups in total. The average molecular weight is 388 g/mol. The molecule has 1 heterocycles. The van der Waals surface area contributed by atoms with E-state index in [0.717, 1.165) is 25.9 Å². The molecule has 1 aromatic rings. The molecule has 3 rings (SSSR count). The number of hydrogen-bond donors (Lipinski definition) is 1. The summed E-state index contributed by atoms with van der Waals surface area (Å²) < 4.78 is 12.6. The number of carboxylic acids is 1. The summed E-state index contributed by atoms with van der Waals surface area (Å²) in [4.78, 5) is 13.2. The Hall–Kier alpha value is -1.69. The Balaban J connectivity index is 1.55. The van der Waals surface area contributed by atoms with Crippen LogP contribution in [0.1, 0.15) is 50.5 Å². The highest BCUT2D eigenvalue weighted by Gasteiger charge is 2.41. The Bertz CT molecular complexity index is 612. The monoisotopic (exact) mass is 387 g/mol. The van der Waals surface area contributed by atoms with Gasteiger partial charge in [-0.25, -0.2) is 0 Å². The Kier molecular flexibility index (Phi) is 8.52. The first-order valence-electron chi connectivity index (χ1n) is 10.6. The number of aliphatic carboxylic acids is 1. The highest BCUT2D eigenvalue weighted by molar-refractivity contribution is 5.66. The van der Waals surface area contributed by atoms with Crippen LogP contribution in [0, 0.1) is 0 Å². The second kappa shape index (κ2) is 11.3. The number of likely N-dealkylation sites (tertiary alicyclic amines) is 1. The lowest BCUT2D eigenvalue weighted by Crippen LogP contribution is -2.47. The van der Waals surface area contributed by atoms with Crippen molar-refractivity contribution in [3.8, 4) is 0 Å². The maximum atomic E-state index is 10.6. The molecule has 5 nitrogen and oxygen atoms in total. The Morgan fingerprint density at radius 1 is 1.07 bits per heavy atom. The van der Waals surface area contributed by atoms with Crippen molar-refractivity contribution >= 4 is 5.97 Å². The number of carbonyl (C=O) groups is 1. The van der Waals surface area contributed by atoms with Gasteiger partial charge in [0.1, 0.15) is 0 Å². The summed E-state index contributed by atoms with van der Waals surface area (Å²) in [7, 11) is 0. The highest BCUT2D eigenvalue weighted by Crippen LogP contribution is 2.32. The zero-order valence-electron chi connectivity index (χ0n) is 16.7. The van der Waals surface area contributed by atoms with E-state index in [9.17, 15) is 4.79 Å². The normalized spacial score (nSPS) is 26.1. The predicted molar refractivity (Wildman–Crippen MR) is 109 cm³/mol. The SMILES string of the molecule is O=C(O)CCC=CCO[C@H]1[C@@H](OCc2ccccc2)CC[C@@H]1N1CCCCC1. The number of rotatable bonds is 10. The highest BCUT2D eigenvalue weighted by atomic mass is 16.5. The molecule has 0 aromatic heterocycles. The van der Waals surface area contributed by atoms with E-state index in [2.05, 4.69) is 17.0 Å². The van der Waals surface area contributed by atoms with Crippen LogP contribution in [0.25, 0.3) is 0 Å². The van der Waals surface area contributed by atoms with Crippen LogP contribution in [0.3, 0.4) is 0 Å². The fraction of sp³-hybridized carbons (Fsp3) is 0.609. The molecule has 154 valence electrons. The molecule has 28 heavy (non-hydrogen) atoms. The summed E-state index contributed by atoms with van der Waals surface area (Å²) in [6.07, 6.45) is 10.8. The van der Waals surface area contributed by atoms with Crippen LogP contribution in [0.15, 0.2) is 42.5 Å². The lowest BCUT2D eigenvalue weighted by Gasteiger charge is -2.36. The van der Waals surface area contributed by atoms with Crippen LogP contribution in [-0.4, -0.2) is 53.9 Å². The summed E-state index contributed by atoms with van der Waals surface area (Å²) in [5.41, 5.74) is 1.19. The summed E-state index contributed by atoms with van der Waals surface area (Å²) >= 11 is 0. The second-order valence-corrected chi connectivity index (χ2v) is 7.78. The number of hydrogen-bond acceptors (Lipinski definition) is 4. The molecular weight excluding hydrogens is 354 g/mol. The van der Waals surface area contributed by atoms with Crippen LogP contribution in [0.2, 0.25) is 0 Å². The molecule has 1 aromatic carbocycles. The zero-order chi connectivity index (χ0) is 19.6. The lowest BCUT2D eigenvalue weighted by molar-refractivity contribution is -0.136. The van der Waals surface area contributed by atoms with Gasteiger partial charge in [-0.1, -0.05) is 48.9 Å². The van der Waals surface area contributed by atoms with E-state index in [1.807, 2.05) is 30.4 Å². The number of carboxylic acid groups (broad SMARTS) is 1. The van der Waals surface area contributed by atoms with Crippen molar-refractivity contribution in [1.29, 1.82) is 0 Å². The Morgan fingerprint density at radius 2 is 1.86 bits per heavy atom. The second-order valence-electron chi connectivity index (χ2n) is 7.78. The largest absolute Gasteiger partial charge is 0.481 e. The van der Waals surface area contributed by atoms with Crippen LogP contribution in [-0.2, 0) is 20.9 Å². The molecule has 0 bridgehead atoms. The summed E-state index contributed by atoms with van der Waals surface area (Å²) in [5, 5.41) is 8.72. The van der Waals surface area contributed by atoms with Gasteiger partial charge in [0.05, 0.1) is 25.4 Å². The van der Waals surface area contributed by atoms with E-state index in [4.69, 9.17) is 14.6 Å². The first-order chi connectivity index (χ1) is 13.7. The van der Waals surface area contributed by atoms with Crippen LogP contribution >= 0.6 is 0 Å². The summed E-state index contributed by atoms with van der Waals surface area (Å²) in [6, 6.07) is 10.7. The van der Waals surface area contributed by atoms with E-state index in [1.54, 1.807) is 0 Å². The van der Waals surface area contributed by atoms with E-state index in [1.165, 1.54) is 24.8 Å². The van der Waals surface area contributed by atoms with Gasteiger partial charge in [-0.2, -0.15) is 0 Å². The van der Waals surface area contributed by atoms with Crippen LogP contribution in [0.4, 0.5) is 0 Å². The minimum absolute atomic E-state index is 0.0749. The van der Waals surface area contributed by atoms with E-state index in [0.29, 0.717) is 25.7 Å². The fourth-order valence-electron chi connectivity index (χ4n) is 4.29. The third kappa shape index (κ3) is 6.43. The molecule has 2 aliphatic rings. The van der Waals surface area contributed by atoms with Gasteiger partial charge >= 0.3 is 5.97 Å². The molecule has 5 heteroatoms. The molecule has 1 aliphatic carbocycles. The number of allylic oxidation sites excluding steroid dienone is 1. The van der Waals surface area contributed by atoms with Crippen molar-refractivity contribution < 1.29 is 19.4 Å². The van der Waals surface area contributed by atoms with Gasteiger partial charge in [-0.15, -0.1) is 0 Å². The molecule has 0 spiro atoms. The topological polar surface area (TPSA) is 59.0 Å². The Morgan fingerprint density at radius 3 is 2.61 bits per heavy atom. The molecular formula is C23H33NO4. The van der Waals surface area contributed by atoms with Crippen molar-refractivity contribution in [2.24, 2.45) is 0 Å². The molecule has 2 fully saturated rings. The third-order valence-corrected chi connectivity index (χ3v) is 5.74. The molecule has 1 saturated carbocycles. The first-order valence-corrected chi connectivity index (χ1v) is 10.6. The van der Waals surface area contributed by atoms with Gasteiger partial charge in [0, 0.05) is 12.5 Å². The summed E-state index contributed by atoms with van der Waals surface area (Å²) in [6.45, 7) is 3.45. The molecule has 0 radical (unpaired) electrons. The van der Waals surface area contributed by atoms with Crippen LogP contribution < -0.4 is 0 Å². The zero-order valence-corrected chi connectivity index (χ0v) is 16.7. The van der Waals surface area contributed by atoms with Gasteiger partial charge in [-0.3, -0.25) is 9.69 Å². The standard InChI is InChI=1S/C23H33NO4/c25-22(26)12-6-2-9-17-27-23-20(24-15-7-3-8-16-24)13-14-21(23)28-18-19-10-4-1-5-11-19/h1-2,4-5,9-11,20-21,23H,3,6-8,12-18H2,(H,25,26)/t20-,21-,23+/m0/s1. The third-order valence-electron chi connectivity index (χ3n) is 5.74. The maximum absolute atomic E-state index is 10.6. The molecule has 0 unspecified atom stereocenters. The quantitative estimate of drug-likeness (QED) is 0.614. The van der Waals surface area contributed by atoms with Crippen LogP contribution in [0.5, 0.6) is 0 Å². The number of ether oxygens (including phenoxy) is 2.